The number of rotatable bonds is 8. The van der Waals surface area contributed by atoms with Gasteiger partial charge >= 0.3 is 0 Å². The molecule has 3 N–H and O–H groups in total. The number of halogens is 1. The number of aliphatic imine (C=N–C) groups is 1. The highest BCUT2D eigenvalue weighted by Gasteiger charge is 2.09. The van der Waals surface area contributed by atoms with Crippen LogP contribution in [0.1, 0.15) is 45.4 Å². The first-order valence-electron chi connectivity index (χ1n) is 7.09. The summed E-state index contributed by atoms with van der Waals surface area (Å²) in [5, 5.41) is 3.13. The van der Waals surface area contributed by atoms with Gasteiger partial charge in [0.1, 0.15) is 0 Å². The third-order valence-corrected chi connectivity index (χ3v) is 3.20. The van der Waals surface area contributed by atoms with Crippen LogP contribution >= 0.6 is 24.0 Å². The summed E-state index contributed by atoms with van der Waals surface area (Å²) in [6.07, 6.45) is 7.50. The molecule has 108 valence electrons. The third-order valence-electron chi connectivity index (χ3n) is 3.20. The normalized spacial score (nSPS) is 16.6. The molecule has 0 amide bonds. The van der Waals surface area contributed by atoms with Gasteiger partial charge in [0.05, 0.1) is 0 Å². The van der Waals surface area contributed by atoms with Gasteiger partial charge in [0, 0.05) is 13.1 Å². The van der Waals surface area contributed by atoms with E-state index in [1.807, 2.05) is 0 Å². The first-order chi connectivity index (χ1) is 8.33. The molecular formula is C13H29IN4. The molecule has 0 unspecified atom stereocenters. The SMILES string of the molecule is CCCCNC(N)=NCCCCN1CCCC1.I. The van der Waals surface area contributed by atoms with Crippen molar-refractivity contribution in [3.05, 3.63) is 0 Å². The van der Waals surface area contributed by atoms with Crippen molar-refractivity contribution in [3.63, 3.8) is 0 Å². The Morgan fingerprint density at radius 1 is 1.22 bits per heavy atom. The van der Waals surface area contributed by atoms with Gasteiger partial charge in [-0.1, -0.05) is 13.3 Å². The molecule has 0 aromatic heterocycles. The van der Waals surface area contributed by atoms with Crippen molar-refractivity contribution in [1.82, 2.24) is 10.2 Å². The molecule has 4 nitrogen and oxygen atoms in total. The van der Waals surface area contributed by atoms with Gasteiger partial charge in [0.25, 0.3) is 0 Å². The molecule has 1 fully saturated rings. The van der Waals surface area contributed by atoms with E-state index in [1.54, 1.807) is 0 Å². The van der Waals surface area contributed by atoms with E-state index in [9.17, 15) is 0 Å². The predicted molar refractivity (Wildman–Crippen MR) is 89.7 cm³/mol. The lowest BCUT2D eigenvalue weighted by molar-refractivity contribution is 0.331. The van der Waals surface area contributed by atoms with Crippen LogP contribution in [0.25, 0.3) is 0 Å². The highest BCUT2D eigenvalue weighted by molar-refractivity contribution is 14.0. The van der Waals surface area contributed by atoms with Crippen LogP contribution in [0, 0.1) is 0 Å². The lowest BCUT2D eigenvalue weighted by Crippen LogP contribution is -2.32. The summed E-state index contributed by atoms with van der Waals surface area (Å²) in [4.78, 5) is 6.87. The summed E-state index contributed by atoms with van der Waals surface area (Å²) >= 11 is 0. The lowest BCUT2D eigenvalue weighted by Gasteiger charge is -2.13. The van der Waals surface area contributed by atoms with Crippen molar-refractivity contribution in [1.29, 1.82) is 0 Å². The maximum absolute atomic E-state index is 5.75. The molecule has 0 saturated carbocycles. The quantitative estimate of drug-likeness (QED) is 0.299. The number of likely N-dealkylation sites (tertiary alicyclic amines) is 1. The van der Waals surface area contributed by atoms with E-state index >= 15 is 0 Å². The molecule has 0 bridgehead atoms. The first kappa shape index (κ1) is 18.0. The first-order valence-corrected chi connectivity index (χ1v) is 7.09. The number of nitrogens with zero attached hydrogens (tertiary/aromatic N) is 2. The topological polar surface area (TPSA) is 53.6 Å². The zero-order chi connectivity index (χ0) is 12.3. The van der Waals surface area contributed by atoms with E-state index in [-0.39, 0.29) is 24.0 Å². The predicted octanol–water partition coefficient (Wildman–Crippen LogP) is 2.18. The van der Waals surface area contributed by atoms with Gasteiger partial charge in [0.15, 0.2) is 5.96 Å². The van der Waals surface area contributed by atoms with Crippen LogP contribution in [0.5, 0.6) is 0 Å². The molecule has 0 aliphatic carbocycles. The van der Waals surface area contributed by atoms with E-state index in [0.29, 0.717) is 5.96 Å². The number of unbranched alkanes of at least 4 members (excludes halogenated alkanes) is 2. The summed E-state index contributed by atoms with van der Waals surface area (Å²) in [6.45, 7) is 7.80. The Bertz CT molecular complexity index is 215. The zero-order valence-electron chi connectivity index (χ0n) is 11.7. The van der Waals surface area contributed by atoms with Crippen molar-refractivity contribution in [2.45, 2.75) is 45.4 Å². The molecule has 0 aromatic carbocycles. The molecule has 1 heterocycles. The van der Waals surface area contributed by atoms with Gasteiger partial charge in [-0.15, -0.1) is 24.0 Å². The summed E-state index contributed by atoms with van der Waals surface area (Å²) in [5.41, 5.74) is 5.75. The van der Waals surface area contributed by atoms with Gasteiger partial charge in [-0.25, -0.2) is 0 Å². The molecule has 0 spiro atoms. The van der Waals surface area contributed by atoms with Gasteiger partial charge in [-0.05, 0) is 51.7 Å². The van der Waals surface area contributed by atoms with Crippen molar-refractivity contribution < 1.29 is 0 Å². The fourth-order valence-electron chi connectivity index (χ4n) is 2.10. The minimum Gasteiger partial charge on any atom is -0.370 e. The fourth-order valence-corrected chi connectivity index (χ4v) is 2.10. The van der Waals surface area contributed by atoms with E-state index in [4.69, 9.17) is 5.73 Å². The average molecular weight is 368 g/mol. The highest BCUT2D eigenvalue weighted by atomic mass is 127. The molecule has 1 rings (SSSR count). The second-order valence-corrected chi connectivity index (χ2v) is 4.80. The summed E-state index contributed by atoms with van der Waals surface area (Å²) < 4.78 is 0. The molecule has 18 heavy (non-hydrogen) atoms. The standard InChI is InChI=1S/C13H28N4.HI/c1-2-3-8-15-13(14)16-9-4-5-10-17-11-6-7-12-17;/h2-12H2,1H3,(H3,14,15,16);1H. The highest BCUT2D eigenvalue weighted by Crippen LogP contribution is 2.08. The second-order valence-electron chi connectivity index (χ2n) is 4.80. The minimum absolute atomic E-state index is 0. The van der Waals surface area contributed by atoms with Crippen molar-refractivity contribution in [3.8, 4) is 0 Å². The zero-order valence-corrected chi connectivity index (χ0v) is 14.0. The van der Waals surface area contributed by atoms with Crippen LogP contribution in [-0.2, 0) is 0 Å². The second kappa shape index (κ2) is 12.0. The minimum atomic E-state index is 0. The molecule has 0 atom stereocenters. The maximum Gasteiger partial charge on any atom is 0.188 e. The van der Waals surface area contributed by atoms with Crippen LogP contribution < -0.4 is 11.1 Å². The molecule has 5 heteroatoms. The van der Waals surface area contributed by atoms with Crippen LogP contribution in [0.4, 0.5) is 0 Å². The molecule has 0 radical (unpaired) electrons. The van der Waals surface area contributed by atoms with Crippen LogP contribution in [0.3, 0.4) is 0 Å². The number of nitrogens with one attached hydrogen (secondary N) is 1. The van der Waals surface area contributed by atoms with Crippen LogP contribution in [0.15, 0.2) is 4.99 Å². The summed E-state index contributed by atoms with van der Waals surface area (Å²) in [7, 11) is 0. The van der Waals surface area contributed by atoms with Gasteiger partial charge < -0.3 is 16.0 Å². The average Bonchev–Trinajstić information content (AvgIpc) is 2.82. The number of nitrogens with two attached hydrogens (primary N) is 1. The van der Waals surface area contributed by atoms with Crippen molar-refractivity contribution >= 4 is 29.9 Å². The summed E-state index contributed by atoms with van der Waals surface area (Å²) in [5.74, 6) is 0.611. The third kappa shape index (κ3) is 8.97. The Kier molecular flexibility index (Phi) is 12.0. The van der Waals surface area contributed by atoms with E-state index in [1.165, 1.54) is 45.3 Å². The molecule has 1 aliphatic rings. The van der Waals surface area contributed by atoms with Crippen molar-refractivity contribution in [2.75, 3.05) is 32.7 Å². The Morgan fingerprint density at radius 3 is 2.61 bits per heavy atom. The Labute approximate surface area is 129 Å². The maximum atomic E-state index is 5.75. The molecule has 1 saturated heterocycles. The van der Waals surface area contributed by atoms with Gasteiger partial charge in [0.2, 0.25) is 0 Å². The molecule has 0 aromatic rings. The van der Waals surface area contributed by atoms with E-state index in [0.717, 1.165) is 25.9 Å². The number of hydrogen-bond donors (Lipinski definition) is 2. The Morgan fingerprint density at radius 2 is 1.94 bits per heavy atom. The molecule has 1 aliphatic heterocycles. The van der Waals surface area contributed by atoms with Gasteiger partial charge in [-0.3, -0.25) is 4.99 Å². The smallest absolute Gasteiger partial charge is 0.188 e. The van der Waals surface area contributed by atoms with E-state index < -0.39 is 0 Å². The Balaban J connectivity index is 0.00000289. The van der Waals surface area contributed by atoms with Crippen LogP contribution in [0.2, 0.25) is 0 Å². The van der Waals surface area contributed by atoms with Gasteiger partial charge in [-0.2, -0.15) is 0 Å². The largest absolute Gasteiger partial charge is 0.370 e. The fraction of sp³-hybridized carbons (Fsp3) is 0.923. The van der Waals surface area contributed by atoms with Crippen molar-refractivity contribution in [2.24, 2.45) is 10.7 Å². The van der Waals surface area contributed by atoms with E-state index in [2.05, 4.69) is 22.1 Å². The van der Waals surface area contributed by atoms with Crippen LogP contribution in [-0.4, -0.2) is 43.6 Å². The Hall–Kier alpha value is -0.0400. The number of guanidine groups is 1. The number of hydrogen-bond acceptors (Lipinski definition) is 2. The summed E-state index contributed by atoms with van der Waals surface area (Å²) in [6, 6.07) is 0. The molecular weight excluding hydrogens is 339 g/mol. The monoisotopic (exact) mass is 368 g/mol. The lowest BCUT2D eigenvalue weighted by atomic mass is 10.3.